The number of nitrogens with one attached hydrogen (secondary N) is 1. The van der Waals surface area contributed by atoms with Crippen molar-refractivity contribution in [2.45, 2.75) is 5.37 Å². The maximum absolute atomic E-state index is 12.7. The highest BCUT2D eigenvalue weighted by Crippen LogP contribution is 2.40. The van der Waals surface area contributed by atoms with Gasteiger partial charge in [-0.1, -0.05) is 0 Å². The molecule has 8 nitrogen and oxygen atoms in total. The van der Waals surface area contributed by atoms with E-state index in [1.54, 1.807) is 36.9 Å². The molecule has 0 saturated carbocycles. The zero-order chi connectivity index (χ0) is 19.4. The summed E-state index contributed by atoms with van der Waals surface area (Å²) in [5.41, 5.74) is 1.39. The molecule has 1 fully saturated rings. The molecule has 142 valence electrons. The molecule has 3 rings (SSSR count). The normalized spacial score (nSPS) is 16.1. The SMILES string of the molecule is COc1cc(OC)cc(C2SCCN2C(=O)Nc2ccc([N+](=O)[O-])cc2)c1. The van der Waals surface area contributed by atoms with Gasteiger partial charge in [0.2, 0.25) is 0 Å². The van der Waals surface area contributed by atoms with Gasteiger partial charge >= 0.3 is 6.03 Å². The maximum atomic E-state index is 12.7. The van der Waals surface area contributed by atoms with Gasteiger partial charge in [0.15, 0.2) is 0 Å². The zero-order valence-corrected chi connectivity index (χ0v) is 15.7. The molecule has 1 aliphatic heterocycles. The monoisotopic (exact) mass is 389 g/mol. The van der Waals surface area contributed by atoms with E-state index in [4.69, 9.17) is 9.47 Å². The van der Waals surface area contributed by atoms with Crippen LogP contribution < -0.4 is 14.8 Å². The Labute approximate surface area is 160 Å². The average molecular weight is 389 g/mol. The third-order valence-corrected chi connectivity index (χ3v) is 5.40. The number of anilines is 1. The zero-order valence-electron chi connectivity index (χ0n) is 14.9. The standard InChI is InChI=1S/C18H19N3O5S/c1-25-15-9-12(10-16(11-15)26-2)17-20(7-8-27-17)18(22)19-13-3-5-14(6-4-13)21(23)24/h3-6,9-11,17H,7-8H2,1-2H3,(H,19,22). The van der Waals surface area contributed by atoms with Crippen LogP contribution in [0.5, 0.6) is 11.5 Å². The first-order chi connectivity index (χ1) is 13.0. The summed E-state index contributed by atoms with van der Waals surface area (Å²) >= 11 is 1.65. The lowest BCUT2D eigenvalue weighted by Gasteiger charge is -2.25. The Morgan fingerprint density at radius 1 is 1.19 bits per heavy atom. The van der Waals surface area contributed by atoms with Crippen LogP contribution in [-0.2, 0) is 0 Å². The summed E-state index contributed by atoms with van der Waals surface area (Å²) in [5, 5.41) is 13.4. The van der Waals surface area contributed by atoms with Crippen molar-refractivity contribution in [3.05, 3.63) is 58.1 Å². The second-order valence-electron chi connectivity index (χ2n) is 5.80. The number of nitro groups is 1. The smallest absolute Gasteiger partial charge is 0.323 e. The van der Waals surface area contributed by atoms with Gasteiger partial charge in [-0.3, -0.25) is 10.1 Å². The lowest BCUT2D eigenvalue weighted by atomic mass is 10.2. The highest BCUT2D eigenvalue weighted by atomic mass is 32.2. The molecule has 1 N–H and O–H groups in total. The molecule has 2 aromatic rings. The fraction of sp³-hybridized carbons (Fsp3) is 0.278. The number of ether oxygens (including phenoxy) is 2. The summed E-state index contributed by atoms with van der Waals surface area (Å²) in [7, 11) is 3.17. The van der Waals surface area contributed by atoms with E-state index in [9.17, 15) is 14.9 Å². The summed E-state index contributed by atoms with van der Waals surface area (Å²) in [5.74, 6) is 2.12. The molecule has 2 amide bonds. The van der Waals surface area contributed by atoms with Gasteiger partial charge in [-0.05, 0) is 29.8 Å². The molecule has 1 saturated heterocycles. The van der Waals surface area contributed by atoms with Crippen molar-refractivity contribution in [2.75, 3.05) is 31.8 Å². The van der Waals surface area contributed by atoms with Crippen molar-refractivity contribution in [1.82, 2.24) is 4.90 Å². The minimum absolute atomic E-state index is 0.0221. The summed E-state index contributed by atoms with van der Waals surface area (Å²) in [6.45, 7) is 0.591. The second kappa shape index (κ2) is 8.17. The summed E-state index contributed by atoms with van der Waals surface area (Å²) < 4.78 is 10.6. The van der Waals surface area contributed by atoms with Crippen molar-refractivity contribution in [3.8, 4) is 11.5 Å². The third-order valence-electron chi connectivity index (χ3n) is 4.14. The van der Waals surface area contributed by atoms with Crippen LogP contribution in [0.3, 0.4) is 0 Å². The highest BCUT2D eigenvalue weighted by Gasteiger charge is 2.31. The van der Waals surface area contributed by atoms with E-state index in [0.717, 1.165) is 11.3 Å². The van der Waals surface area contributed by atoms with Crippen LogP contribution in [0, 0.1) is 10.1 Å². The number of thioether (sulfide) groups is 1. The van der Waals surface area contributed by atoms with E-state index in [1.165, 1.54) is 24.3 Å². The average Bonchev–Trinajstić information content (AvgIpc) is 3.18. The number of hydrogen-bond donors (Lipinski definition) is 1. The minimum atomic E-state index is -0.477. The number of nitrogens with zero attached hydrogens (tertiary/aromatic N) is 2. The first-order valence-electron chi connectivity index (χ1n) is 8.18. The first kappa shape index (κ1) is 18.8. The van der Waals surface area contributed by atoms with E-state index >= 15 is 0 Å². The Morgan fingerprint density at radius 3 is 2.37 bits per heavy atom. The fourth-order valence-corrected chi connectivity index (χ4v) is 4.02. The Hall–Kier alpha value is -2.94. The van der Waals surface area contributed by atoms with Gasteiger partial charge in [0, 0.05) is 36.2 Å². The van der Waals surface area contributed by atoms with E-state index in [0.29, 0.717) is 23.7 Å². The van der Waals surface area contributed by atoms with Crippen molar-refractivity contribution >= 4 is 29.2 Å². The van der Waals surface area contributed by atoms with Crippen molar-refractivity contribution in [1.29, 1.82) is 0 Å². The number of hydrogen-bond acceptors (Lipinski definition) is 6. The van der Waals surface area contributed by atoms with Crippen molar-refractivity contribution < 1.29 is 19.2 Å². The van der Waals surface area contributed by atoms with Gasteiger partial charge in [0.1, 0.15) is 16.9 Å². The predicted molar refractivity (Wildman–Crippen MR) is 104 cm³/mol. The first-order valence-corrected chi connectivity index (χ1v) is 9.23. The number of nitro benzene ring substituents is 1. The molecule has 0 spiro atoms. The largest absolute Gasteiger partial charge is 0.497 e. The molecule has 1 atom stereocenters. The molecule has 0 aliphatic carbocycles. The topological polar surface area (TPSA) is 93.9 Å². The molecule has 9 heteroatoms. The van der Waals surface area contributed by atoms with Crippen molar-refractivity contribution in [2.24, 2.45) is 0 Å². The van der Waals surface area contributed by atoms with Gasteiger partial charge < -0.3 is 19.7 Å². The number of carbonyl (C=O) groups excluding carboxylic acids is 1. The Kier molecular flexibility index (Phi) is 5.70. The number of methoxy groups -OCH3 is 2. The molecular formula is C18H19N3O5S. The number of rotatable bonds is 5. The summed E-state index contributed by atoms with van der Waals surface area (Å²) in [4.78, 5) is 24.7. The number of amides is 2. The highest BCUT2D eigenvalue weighted by molar-refractivity contribution is 7.99. The molecule has 0 aromatic heterocycles. The third kappa shape index (κ3) is 4.25. The predicted octanol–water partition coefficient (Wildman–Crippen LogP) is 3.89. The molecule has 1 unspecified atom stereocenters. The number of benzene rings is 2. The number of carbonyl (C=O) groups is 1. The van der Waals surface area contributed by atoms with Crippen LogP contribution in [0.25, 0.3) is 0 Å². The Bertz CT molecular complexity index is 821. The Morgan fingerprint density at radius 2 is 1.81 bits per heavy atom. The summed E-state index contributed by atoms with van der Waals surface area (Å²) in [6, 6.07) is 11.0. The van der Waals surface area contributed by atoms with Crippen LogP contribution in [-0.4, -0.2) is 42.4 Å². The fourth-order valence-electron chi connectivity index (χ4n) is 2.79. The van der Waals surface area contributed by atoms with Crippen LogP contribution in [0.15, 0.2) is 42.5 Å². The van der Waals surface area contributed by atoms with Gasteiger partial charge in [0.05, 0.1) is 19.1 Å². The van der Waals surface area contributed by atoms with Gasteiger partial charge in [-0.25, -0.2) is 4.79 Å². The van der Waals surface area contributed by atoms with Crippen LogP contribution >= 0.6 is 11.8 Å². The van der Waals surface area contributed by atoms with Crippen LogP contribution in [0.2, 0.25) is 0 Å². The molecule has 1 heterocycles. The number of urea groups is 1. The molecule has 0 radical (unpaired) electrons. The lowest BCUT2D eigenvalue weighted by molar-refractivity contribution is -0.384. The van der Waals surface area contributed by atoms with Crippen molar-refractivity contribution in [3.63, 3.8) is 0 Å². The van der Waals surface area contributed by atoms with Crippen LogP contribution in [0.4, 0.5) is 16.2 Å². The van der Waals surface area contributed by atoms with Gasteiger partial charge in [0.25, 0.3) is 5.69 Å². The second-order valence-corrected chi connectivity index (χ2v) is 6.98. The van der Waals surface area contributed by atoms with E-state index in [2.05, 4.69) is 5.32 Å². The van der Waals surface area contributed by atoms with Gasteiger partial charge in [-0.15, -0.1) is 11.8 Å². The molecule has 0 bridgehead atoms. The number of non-ortho nitro benzene ring substituents is 1. The molecule has 27 heavy (non-hydrogen) atoms. The van der Waals surface area contributed by atoms with Gasteiger partial charge in [-0.2, -0.15) is 0 Å². The molecule has 2 aromatic carbocycles. The van der Waals surface area contributed by atoms with E-state index in [1.807, 2.05) is 12.1 Å². The summed E-state index contributed by atoms with van der Waals surface area (Å²) in [6.07, 6.45) is 0. The molecular weight excluding hydrogens is 370 g/mol. The van der Waals surface area contributed by atoms with Crippen LogP contribution in [0.1, 0.15) is 10.9 Å². The Balaban J connectivity index is 1.77. The lowest BCUT2D eigenvalue weighted by Crippen LogP contribution is -2.34. The molecule has 1 aliphatic rings. The quantitative estimate of drug-likeness (QED) is 0.616. The minimum Gasteiger partial charge on any atom is -0.497 e. The van der Waals surface area contributed by atoms with E-state index in [-0.39, 0.29) is 17.1 Å². The van der Waals surface area contributed by atoms with E-state index < -0.39 is 4.92 Å². The maximum Gasteiger partial charge on any atom is 0.323 e.